The normalized spacial score (nSPS) is 10.7. The molecule has 0 saturated carbocycles. The number of carbonyl (C=O) groups excluding carboxylic acids is 2. The van der Waals surface area contributed by atoms with Crippen LogP contribution in [0.25, 0.3) is 17.2 Å². The highest BCUT2D eigenvalue weighted by Crippen LogP contribution is 2.22. The fraction of sp³-hybridized carbons (Fsp3) is 0.0588. The molecule has 0 unspecified atom stereocenters. The zero-order valence-corrected chi connectivity index (χ0v) is 11.2. The average Bonchev–Trinajstić information content (AvgIpc) is 2.45. The molecule has 0 bridgehead atoms. The lowest BCUT2D eigenvalue weighted by Crippen LogP contribution is -2.05. The van der Waals surface area contributed by atoms with E-state index in [-0.39, 0.29) is 5.78 Å². The first-order valence-corrected chi connectivity index (χ1v) is 6.25. The molecule has 2 N–H and O–H groups in total. The molecule has 0 fully saturated rings. The highest BCUT2D eigenvalue weighted by Gasteiger charge is 2.03. The largest absolute Gasteiger partial charge is 0.366 e. The van der Waals surface area contributed by atoms with Gasteiger partial charge in [0.25, 0.3) is 0 Å². The molecule has 3 nitrogen and oxygen atoms in total. The SMILES string of the molecule is CC(=O)c1cccc(-c2cccc(/C=C\C(N)=O)c2)c1. The standard InChI is InChI=1S/C17H15NO2/c1-12(19)14-5-3-7-16(11-14)15-6-2-4-13(10-15)8-9-17(18)20/h2-11H,1H3,(H2,18,20)/b9-8-. The van der Waals surface area contributed by atoms with Gasteiger partial charge in [-0.15, -0.1) is 0 Å². The molecule has 0 radical (unpaired) electrons. The maximum absolute atomic E-state index is 11.4. The van der Waals surface area contributed by atoms with Crippen LogP contribution in [0.2, 0.25) is 0 Å². The van der Waals surface area contributed by atoms with E-state index in [0.29, 0.717) is 5.56 Å². The van der Waals surface area contributed by atoms with E-state index in [1.807, 2.05) is 42.5 Å². The topological polar surface area (TPSA) is 60.2 Å². The van der Waals surface area contributed by atoms with Gasteiger partial charge in [-0.2, -0.15) is 0 Å². The van der Waals surface area contributed by atoms with Gasteiger partial charge >= 0.3 is 0 Å². The molecule has 0 aliphatic heterocycles. The van der Waals surface area contributed by atoms with Crippen molar-refractivity contribution in [1.82, 2.24) is 0 Å². The Bertz CT molecular complexity index is 687. The Labute approximate surface area is 117 Å². The van der Waals surface area contributed by atoms with Gasteiger partial charge in [-0.3, -0.25) is 9.59 Å². The van der Waals surface area contributed by atoms with Gasteiger partial charge in [0.2, 0.25) is 5.91 Å². The molecule has 100 valence electrons. The summed E-state index contributed by atoms with van der Waals surface area (Å²) in [7, 11) is 0. The van der Waals surface area contributed by atoms with Crippen LogP contribution in [-0.2, 0) is 4.79 Å². The van der Waals surface area contributed by atoms with Crippen molar-refractivity contribution >= 4 is 17.8 Å². The molecule has 2 aromatic carbocycles. The van der Waals surface area contributed by atoms with E-state index in [2.05, 4.69) is 0 Å². The summed E-state index contributed by atoms with van der Waals surface area (Å²) < 4.78 is 0. The Morgan fingerprint density at radius 3 is 2.30 bits per heavy atom. The van der Waals surface area contributed by atoms with E-state index < -0.39 is 5.91 Å². The lowest BCUT2D eigenvalue weighted by atomic mass is 10.00. The van der Waals surface area contributed by atoms with Crippen molar-refractivity contribution in [3.8, 4) is 11.1 Å². The van der Waals surface area contributed by atoms with Crippen molar-refractivity contribution in [1.29, 1.82) is 0 Å². The van der Waals surface area contributed by atoms with Crippen LogP contribution in [0.5, 0.6) is 0 Å². The van der Waals surface area contributed by atoms with Crippen molar-refractivity contribution in [3.63, 3.8) is 0 Å². The fourth-order valence-corrected chi connectivity index (χ4v) is 1.92. The summed E-state index contributed by atoms with van der Waals surface area (Å²) in [5.74, 6) is -0.439. The van der Waals surface area contributed by atoms with Gasteiger partial charge < -0.3 is 5.73 Å². The Balaban J connectivity index is 2.38. The van der Waals surface area contributed by atoms with Gasteiger partial charge in [0.05, 0.1) is 0 Å². The molecule has 0 heterocycles. The lowest BCUT2D eigenvalue weighted by Gasteiger charge is -2.05. The fourth-order valence-electron chi connectivity index (χ4n) is 1.92. The van der Waals surface area contributed by atoms with E-state index in [1.54, 1.807) is 19.1 Å². The molecule has 0 spiro atoms. The van der Waals surface area contributed by atoms with Gasteiger partial charge in [-0.1, -0.05) is 36.4 Å². The minimum absolute atomic E-state index is 0.0385. The maximum Gasteiger partial charge on any atom is 0.241 e. The molecule has 0 aromatic heterocycles. The molecule has 0 saturated heterocycles. The van der Waals surface area contributed by atoms with E-state index in [1.165, 1.54) is 6.08 Å². The molecule has 2 aromatic rings. The summed E-state index contributed by atoms with van der Waals surface area (Å²) >= 11 is 0. The second-order valence-electron chi connectivity index (χ2n) is 4.50. The highest BCUT2D eigenvalue weighted by molar-refractivity contribution is 5.95. The molecule has 20 heavy (non-hydrogen) atoms. The second-order valence-corrected chi connectivity index (χ2v) is 4.50. The third-order valence-electron chi connectivity index (χ3n) is 2.93. The molecular formula is C17H15NO2. The zero-order valence-electron chi connectivity index (χ0n) is 11.2. The van der Waals surface area contributed by atoms with Crippen molar-refractivity contribution in [2.45, 2.75) is 6.92 Å². The first-order chi connectivity index (χ1) is 9.56. The number of carbonyl (C=O) groups is 2. The van der Waals surface area contributed by atoms with E-state index in [4.69, 9.17) is 5.73 Å². The number of rotatable bonds is 4. The third-order valence-corrected chi connectivity index (χ3v) is 2.93. The van der Waals surface area contributed by atoms with Crippen molar-refractivity contribution < 1.29 is 9.59 Å². The Hall–Kier alpha value is -2.68. The first kappa shape index (κ1) is 13.7. The zero-order chi connectivity index (χ0) is 14.5. The van der Waals surface area contributed by atoms with Gasteiger partial charge in [-0.25, -0.2) is 0 Å². The maximum atomic E-state index is 11.4. The molecule has 3 heteroatoms. The number of ketones is 1. The number of benzene rings is 2. The van der Waals surface area contributed by atoms with Gasteiger partial charge in [-0.05, 0) is 41.8 Å². The van der Waals surface area contributed by atoms with Gasteiger partial charge in [0, 0.05) is 11.6 Å². The number of amides is 1. The van der Waals surface area contributed by atoms with Gasteiger partial charge in [0.15, 0.2) is 5.78 Å². The minimum atomic E-state index is -0.478. The summed E-state index contributed by atoms with van der Waals surface area (Å²) in [6.45, 7) is 1.55. The smallest absolute Gasteiger partial charge is 0.241 e. The number of primary amides is 1. The van der Waals surface area contributed by atoms with Crippen LogP contribution >= 0.6 is 0 Å². The van der Waals surface area contributed by atoms with Crippen LogP contribution in [0, 0.1) is 0 Å². The predicted molar refractivity (Wildman–Crippen MR) is 80.1 cm³/mol. The van der Waals surface area contributed by atoms with Crippen LogP contribution < -0.4 is 5.73 Å². The van der Waals surface area contributed by atoms with Crippen molar-refractivity contribution in [2.24, 2.45) is 5.73 Å². The predicted octanol–water partition coefficient (Wildman–Crippen LogP) is 3.05. The summed E-state index contributed by atoms with van der Waals surface area (Å²) in [5.41, 5.74) is 8.60. The minimum Gasteiger partial charge on any atom is -0.366 e. The molecule has 2 rings (SSSR count). The van der Waals surface area contributed by atoms with Crippen molar-refractivity contribution in [2.75, 3.05) is 0 Å². The van der Waals surface area contributed by atoms with E-state index in [0.717, 1.165) is 16.7 Å². The quantitative estimate of drug-likeness (QED) is 0.682. The number of nitrogens with two attached hydrogens (primary N) is 1. The summed E-state index contributed by atoms with van der Waals surface area (Å²) in [6, 6.07) is 15.1. The summed E-state index contributed by atoms with van der Waals surface area (Å²) in [6.07, 6.45) is 2.99. The number of hydrogen-bond acceptors (Lipinski definition) is 2. The third kappa shape index (κ3) is 3.42. The van der Waals surface area contributed by atoms with Gasteiger partial charge in [0.1, 0.15) is 0 Å². The van der Waals surface area contributed by atoms with Crippen LogP contribution in [0.1, 0.15) is 22.8 Å². The lowest BCUT2D eigenvalue weighted by molar-refractivity contribution is -0.113. The first-order valence-electron chi connectivity index (χ1n) is 6.25. The molecule has 0 atom stereocenters. The van der Waals surface area contributed by atoms with Crippen LogP contribution in [0.4, 0.5) is 0 Å². The van der Waals surface area contributed by atoms with Crippen molar-refractivity contribution in [3.05, 3.63) is 65.7 Å². The van der Waals surface area contributed by atoms with Crippen LogP contribution in [-0.4, -0.2) is 11.7 Å². The Morgan fingerprint density at radius 1 is 1.00 bits per heavy atom. The average molecular weight is 265 g/mol. The molecule has 1 amide bonds. The Kier molecular flexibility index (Phi) is 4.11. The Morgan fingerprint density at radius 2 is 1.65 bits per heavy atom. The number of hydrogen-bond donors (Lipinski definition) is 1. The second kappa shape index (κ2) is 5.97. The molecule has 0 aliphatic carbocycles. The van der Waals surface area contributed by atoms with E-state index >= 15 is 0 Å². The molecule has 0 aliphatic rings. The number of Topliss-reactive ketones (excluding diaryl/α,β-unsaturated/α-hetero) is 1. The van der Waals surface area contributed by atoms with Crippen LogP contribution in [0.15, 0.2) is 54.6 Å². The summed E-state index contributed by atoms with van der Waals surface area (Å²) in [4.78, 5) is 22.2. The summed E-state index contributed by atoms with van der Waals surface area (Å²) in [5, 5.41) is 0. The van der Waals surface area contributed by atoms with E-state index in [9.17, 15) is 9.59 Å². The monoisotopic (exact) mass is 265 g/mol. The van der Waals surface area contributed by atoms with Crippen LogP contribution in [0.3, 0.4) is 0 Å². The highest BCUT2D eigenvalue weighted by atomic mass is 16.1. The molecular weight excluding hydrogens is 250 g/mol.